The molecule has 0 saturated heterocycles. The van der Waals surface area contributed by atoms with E-state index in [2.05, 4.69) is 0 Å². The smallest absolute Gasteiger partial charge is 0.338 e. The van der Waals surface area contributed by atoms with Crippen molar-refractivity contribution in [1.29, 1.82) is 0 Å². The first-order chi connectivity index (χ1) is 13.6. The molecule has 0 aliphatic heterocycles. The molecule has 0 bridgehead atoms. The number of benzene rings is 3. The summed E-state index contributed by atoms with van der Waals surface area (Å²) in [5.41, 5.74) is 0.588. The van der Waals surface area contributed by atoms with Crippen LogP contribution in [0.3, 0.4) is 0 Å². The van der Waals surface area contributed by atoms with E-state index in [0.717, 1.165) is 0 Å². The van der Waals surface area contributed by atoms with Gasteiger partial charge in [0.2, 0.25) is 0 Å². The molecule has 6 heteroatoms. The van der Waals surface area contributed by atoms with Gasteiger partial charge in [-0.3, -0.25) is 0 Å². The van der Waals surface area contributed by atoms with Crippen LogP contribution in [0.2, 0.25) is 0 Å². The van der Waals surface area contributed by atoms with Crippen LogP contribution in [-0.4, -0.2) is 30.3 Å². The van der Waals surface area contributed by atoms with Crippen molar-refractivity contribution in [3.63, 3.8) is 0 Å². The van der Waals surface area contributed by atoms with Crippen LogP contribution in [0.1, 0.15) is 20.7 Å². The predicted octanol–water partition coefficient (Wildman–Crippen LogP) is 4.41. The number of para-hydroxylation sites is 1. The van der Waals surface area contributed by atoms with Crippen molar-refractivity contribution in [2.45, 2.75) is 0 Å². The molecule has 28 heavy (non-hydrogen) atoms. The Labute approximate surface area is 161 Å². The average Bonchev–Trinajstić information content (AvgIpc) is 2.72. The molecule has 0 amide bonds. The summed E-state index contributed by atoms with van der Waals surface area (Å²) in [5.74, 6) is 0.377. The summed E-state index contributed by atoms with van der Waals surface area (Å²) in [6, 6.07) is 22.0. The maximum absolute atomic E-state index is 12.1. The number of rotatable bonds is 8. The van der Waals surface area contributed by atoms with Gasteiger partial charge >= 0.3 is 11.9 Å². The highest BCUT2D eigenvalue weighted by atomic mass is 16.6. The Morgan fingerprint density at radius 2 is 1.25 bits per heavy atom. The lowest BCUT2D eigenvalue weighted by Crippen LogP contribution is -2.12. The standard InChI is InChI=1S/C22H18O6/c23-21(24)16-6-10-18(11-7-16)26-14-15-27-22(25)17-8-12-20(13-9-17)28-19-4-2-1-3-5-19/h1-13H,14-15H2,(H,23,24). The van der Waals surface area contributed by atoms with Crippen molar-refractivity contribution >= 4 is 11.9 Å². The maximum Gasteiger partial charge on any atom is 0.338 e. The van der Waals surface area contributed by atoms with Gasteiger partial charge in [0, 0.05) is 0 Å². The van der Waals surface area contributed by atoms with Gasteiger partial charge in [-0.2, -0.15) is 0 Å². The second-order valence-electron chi connectivity index (χ2n) is 5.75. The lowest BCUT2D eigenvalue weighted by Gasteiger charge is -2.09. The molecule has 0 fully saturated rings. The summed E-state index contributed by atoms with van der Waals surface area (Å²) in [7, 11) is 0. The van der Waals surface area contributed by atoms with Crippen molar-refractivity contribution in [2.24, 2.45) is 0 Å². The van der Waals surface area contributed by atoms with E-state index in [1.807, 2.05) is 30.3 Å². The van der Waals surface area contributed by atoms with E-state index in [-0.39, 0.29) is 18.8 Å². The molecular weight excluding hydrogens is 360 g/mol. The van der Waals surface area contributed by atoms with E-state index in [9.17, 15) is 9.59 Å². The summed E-state index contributed by atoms with van der Waals surface area (Å²) in [5, 5.41) is 8.84. The van der Waals surface area contributed by atoms with Crippen LogP contribution in [0.4, 0.5) is 0 Å². The second kappa shape index (κ2) is 9.23. The van der Waals surface area contributed by atoms with Gasteiger partial charge in [-0.15, -0.1) is 0 Å². The summed E-state index contributed by atoms with van der Waals surface area (Å²) >= 11 is 0. The zero-order valence-electron chi connectivity index (χ0n) is 14.9. The van der Waals surface area contributed by atoms with E-state index in [1.165, 1.54) is 12.1 Å². The fourth-order valence-electron chi connectivity index (χ4n) is 2.35. The molecule has 0 spiro atoms. The van der Waals surface area contributed by atoms with Gasteiger partial charge in [0.15, 0.2) is 0 Å². The number of hydrogen-bond acceptors (Lipinski definition) is 5. The minimum absolute atomic E-state index is 0.0712. The third kappa shape index (κ3) is 5.35. The highest BCUT2D eigenvalue weighted by molar-refractivity contribution is 5.89. The minimum atomic E-state index is -0.999. The molecule has 142 valence electrons. The lowest BCUT2D eigenvalue weighted by molar-refractivity contribution is 0.0450. The van der Waals surface area contributed by atoms with Crippen LogP contribution in [0.5, 0.6) is 17.2 Å². The summed E-state index contributed by atoms with van der Waals surface area (Å²) < 4.78 is 16.3. The maximum atomic E-state index is 12.1. The molecule has 0 unspecified atom stereocenters. The zero-order valence-corrected chi connectivity index (χ0v) is 14.9. The fourth-order valence-corrected chi connectivity index (χ4v) is 2.35. The quantitative estimate of drug-likeness (QED) is 0.462. The van der Waals surface area contributed by atoms with Gasteiger partial charge in [0.05, 0.1) is 11.1 Å². The molecular formula is C22H18O6. The van der Waals surface area contributed by atoms with Crippen molar-refractivity contribution in [1.82, 2.24) is 0 Å². The number of ether oxygens (including phenoxy) is 3. The number of aromatic carboxylic acids is 1. The Morgan fingerprint density at radius 3 is 1.89 bits per heavy atom. The Bertz CT molecular complexity index is 918. The van der Waals surface area contributed by atoms with Crippen LogP contribution in [0.15, 0.2) is 78.9 Å². The number of carboxylic acids is 1. The highest BCUT2D eigenvalue weighted by Crippen LogP contribution is 2.21. The van der Waals surface area contributed by atoms with E-state index in [4.69, 9.17) is 19.3 Å². The van der Waals surface area contributed by atoms with Crippen molar-refractivity contribution in [3.05, 3.63) is 90.0 Å². The first-order valence-electron chi connectivity index (χ1n) is 8.58. The van der Waals surface area contributed by atoms with Gasteiger partial charge in [-0.05, 0) is 60.7 Å². The Hall–Kier alpha value is -3.80. The van der Waals surface area contributed by atoms with Crippen LogP contribution in [0, 0.1) is 0 Å². The van der Waals surface area contributed by atoms with Crippen LogP contribution >= 0.6 is 0 Å². The molecule has 3 aromatic rings. The molecule has 6 nitrogen and oxygen atoms in total. The summed E-state index contributed by atoms with van der Waals surface area (Å²) in [4.78, 5) is 22.9. The molecule has 0 aliphatic carbocycles. The van der Waals surface area contributed by atoms with Gasteiger partial charge in [-0.25, -0.2) is 9.59 Å². The molecule has 0 aliphatic rings. The first-order valence-corrected chi connectivity index (χ1v) is 8.58. The van der Waals surface area contributed by atoms with E-state index < -0.39 is 11.9 Å². The SMILES string of the molecule is O=C(O)c1ccc(OCCOC(=O)c2ccc(Oc3ccccc3)cc2)cc1. The summed E-state index contributed by atoms with van der Waals surface area (Å²) in [6.07, 6.45) is 0. The largest absolute Gasteiger partial charge is 0.490 e. The molecule has 0 aromatic heterocycles. The molecule has 3 aromatic carbocycles. The predicted molar refractivity (Wildman–Crippen MR) is 102 cm³/mol. The van der Waals surface area contributed by atoms with Gasteiger partial charge in [-0.1, -0.05) is 18.2 Å². The van der Waals surface area contributed by atoms with Crippen molar-refractivity contribution in [2.75, 3.05) is 13.2 Å². The normalized spacial score (nSPS) is 10.1. The Balaban J connectivity index is 1.43. The molecule has 0 saturated carbocycles. The van der Waals surface area contributed by atoms with Crippen LogP contribution in [0.25, 0.3) is 0 Å². The van der Waals surface area contributed by atoms with Crippen molar-refractivity contribution in [3.8, 4) is 17.2 Å². The highest BCUT2D eigenvalue weighted by Gasteiger charge is 2.08. The van der Waals surface area contributed by atoms with Gasteiger partial charge in [0.1, 0.15) is 30.5 Å². The van der Waals surface area contributed by atoms with Crippen LogP contribution in [-0.2, 0) is 4.74 Å². The zero-order chi connectivity index (χ0) is 19.8. The number of carbonyl (C=O) groups excluding carboxylic acids is 1. The van der Waals surface area contributed by atoms with Crippen molar-refractivity contribution < 1.29 is 28.9 Å². The minimum Gasteiger partial charge on any atom is -0.490 e. The second-order valence-corrected chi connectivity index (χ2v) is 5.75. The van der Waals surface area contributed by atoms with E-state index >= 15 is 0 Å². The monoisotopic (exact) mass is 378 g/mol. The number of esters is 1. The average molecular weight is 378 g/mol. The fraction of sp³-hybridized carbons (Fsp3) is 0.0909. The summed E-state index contributed by atoms with van der Waals surface area (Å²) in [6.45, 7) is 0.231. The topological polar surface area (TPSA) is 82.1 Å². The molecule has 0 heterocycles. The third-order valence-electron chi connectivity index (χ3n) is 3.76. The van der Waals surface area contributed by atoms with Crippen LogP contribution < -0.4 is 9.47 Å². The number of hydrogen-bond donors (Lipinski definition) is 1. The molecule has 1 N–H and O–H groups in total. The third-order valence-corrected chi connectivity index (χ3v) is 3.76. The number of carboxylic acid groups (broad SMARTS) is 1. The first kappa shape index (κ1) is 19.0. The molecule has 3 rings (SSSR count). The van der Waals surface area contributed by atoms with Gasteiger partial charge in [0.25, 0.3) is 0 Å². The van der Waals surface area contributed by atoms with E-state index in [0.29, 0.717) is 22.8 Å². The van der Waals surface area contributed by atoms with Gasteiger partial charge < -0.3 is 19.3 Å². The van der Waals surface area contributed by atoms with E-state index in [1.54, 1.807) is 36.4 Å². The lowest BCUT2D eigenvalue weighted by atomic mass is 10.2. The Morgan fingerprint density at radius 1 is 0.679 bits per heavy atom. The number of carbonyl (C=O) groups is 2. The molecule has 0 radical (unpaired) electrons. The molecule has 0 atom stereocenters. The Kier molecular flexibility index (Phi) is 6.25.